The maximum Gasteiger partial charge on any atom is 0.243 e. The summed E-state index contributed by atoms with van der Waals surface area (Å²) in [5, 5.41) is 2.91. The zero-order valence-corrected chi connectivity index (χ0v) is 13.6. The van der Waals surface area contributed by atoms with E-state index in [1.54, 1.807) is 13.1 Å². The summed E-state index contributed by atoms with van der Waals surface area (Å²) in [7, 11) is -2.05. The predicted molar refractivity (Wildman–Crippen MR) is 80.9 cm³/mol. The fourth-order valence-electron chi connectivity index (χ4n) is 2.90. The first-order valence-electron chi connectivity index (χ1n) is 7.19. The quantitative estimate of drug-likeness (QED) is 0.877. The first-order chi connectivity index (χ1) is 9.73. The Bertz CT molecular complexity index is 614. The van der Waals surface area contributed by atoms with Crippen molar-refractivity contribution in [1.82, 2.24) is 10.0 Å². The summed E-state index contributed by atoms with van der Waals surface area (Å²) >= 11 is 0. The highest BCUT2D eigenvalue weighted by atomic mass is 32.2. The van der Waals surface area contributed by atoms with Crippen LogP contribution in [0.1, 0.15) is 38.7 Å². The number of rotatable bonds is 5. The smallest absolute Gasteiger partial charge is 0.243 e. The Morgan fingerprint density at radius 1 is 1.38 bits per heavy atom. The van der Waals surface area contributed by atoms with Crippen LogP contribution in [0, 0.1) is 11.2 Å². The summed E-state index contributed by atoms with van der Waals surface area (Å²) in [6.45, 7) is 4.74. The molecule has 6 heteroatoms. The highest BCUT2D eigenvalue weighted by molar-refractivity contribution is 7.89. The third-order valence-corrected chi connectivity index (χ3v) is 5.51. The van der Waals surface area contributed by atoms with E-state index in [1.165, 1.54) is 12.1 Å². The fourth-order valence-corrected chi connectivity index (χ4v) is 4.23. The molecule has 21 heavy (non-hydrogen) atoms. The number of halogens is 1. The molecule has 1 atom stereocenters. The molecule has 0 saturated heterocycles. The number of benzene rings is 1. The lowest BCUT2D eigenvalue weighted by Gasteiger charge is -2.18. The van der Waals surface area contributed by atoms with Gasteiger partial charge in [0.15, 0.2) is 0 Å². The van der Waals surface area contributed by atoms with E-state index in [-0.39, 0.29) is 16.4 Å². The van der Waals surface area contributed by atoms with Crippen LogP contribution in [0.3, 0.4) is 0 Å². The van der Waals surface area contributed by atoms with E-state index in [0.717, 1.165) is 24.8 Å². The molecule has 1 aromatic carbocycles. The summed E-state index contributed by atoms with van der Waals surface area (Å²) in [5.41, 5.74) is 0.860. The highest BCUT2D eigenvalue weighted by Crippen LogP contribution is 2.37. The summed E-state index contributed by atoms with van der Waals surface area (Å²) in [6, 6.07) is 4.13. The average molecular weight is 314 g/mol. The van der Waals surface area contributed by atoms with Gasteiger partial charge in [-0.3, -0.25) is 0 Å². The van der Waals surface area contributed by atoms with Crippen molar-refractivity contribution in [3.63, 3.8) is 0 Å². The predicted octanol–water partition coefficient (Wildman–Crippen LogP) is 2.40. The molecular formula is C15H23FN2O2S. The van der Waals surface area contributed by atoms with Gasteiger partial charge in [-0.05, 0) is 49.4 Å². The van der Waals surface area contributed by atoms with Crippen LogP contribution in [0.25, 0.3) is 0 Å². The molecule has 0 aromatic heterocycles. The molecule has 2 rings (SSSR count). The van der Waals surface area contributed by atoms with Gasteiger partial charge in [0.2, 0.25) is 10.0 Å². The maximum absolute atomic E-state index is 14.0. The molecule has 1 aromatic rings. The molecule has 1 unspecified atom stereocenters. The lowest BCUT2D eigenvalue weighted by molar-refractivity contribution is 0.372. The maximum atomic E-state index is 14.0. The molecule has 0 bridgehead atoms. The molecule has 2 N–H and O–H groups in total. The van der Waals surface area contributed by atoms with Crippen LogP contribution in [-0.2, 0) is 16.6 Å². The van der Waals surface area contributed by atoms with Gasteiger partial charge in [0.25, 0.3) is 0 Å². The second-order valence-corrected chi connectivity index (χ2v) is 8.20. The van der Waals surface area contributed by atoms with Gasteiger partial charge in [-0.25, -0.2) is 17.5 Å². The lowest BCUT2D eigenvalue weighted by atomic mass is 9.92. The van der Waals surface area contributed by atoms with Crippen LogP contribution < -0.4 is 10.0 Å². The van der Waals surface area contributed by atoms with E-state index in [2.05, 4.69) is 23.9 Å². The summed E-state index contributed by atoms with van der Waals surface area (Å²) < 4.78 is 41.3. The number of sulfonamides is 1. The zero-order valence-electron chi connectivity index (χ0n) is 12.7. The van der Waals surface area contributed by atoms with E-state index in [1.807, 2.05) is 0 Å². The van der Waals surface area contributed by atoms with Gasteiger partial charge in [0.1, 0.15) is 10.7 Å². The van der Waals surface area contributed by atoms with E-state index in [0.29, 0.717) is 6.54 Å². The van der Waals surface area contributed by atoms with Crippen molar-refractivity contribution in [3.8, 4) is 0 Å². The Labute approximate surface area is 126 Å². The monoisotopic (exact) mass is 314 g/mol. The molecule has 1 aliphatic rings. The van der Waals surface area contributed by atoms with Crippen LogP contribution >= 0.6 is 0 Å². The van der Waals surface area contributed by atoms with Gasteiger partial charge < -0.3 is 5.32 Å². The van der Waals surface area contributed by atoms with Gasteiger partial charge in [-0.2, -0.15) is 0 Å². The van der Waals surface area contributed by atoms with Crippen molar-refractivity contribution in [2.45, 2.75) is 50.6 Å². The molecule has 1 aliphatic carbocycles. The second kappa shape index (κ2) is 6.02. The largest absolute Gasteiger partial charge is 0.316 e. The van der Waals surface area contributed by atoms with Crippen molar-refractivity contribution in [2.75, 3.05) is 7.05 Å². The molecule has 1 fully saturated rings. The highest BCUT2D eigenvalue weighted by Gasteiger charge is 2.34. The van der Waals surface area contributed by atoms with Crippen LogP contribution in [0.4, 0.5) is 4.39 Å². The van der Waals surface area contributed by atoms with Gasteiger partial charge in [-0.15, -0.1) is 0 Å². The SMILES string of the molecule is CNCc1ccc(S(=O)(=O)NC2CCC(C)(C)C2)c(F)c1. The molecule has 118 valence electrons. The minimum absolute atomic E-state index is 0.110. The van der Waals surface area contributed by atoms with Crippen molar-refractivity contribution < 1.29 is 12.8 Å². The first-order valence-corrected chi connectivity index (χ1v) is 8.67. The van der Waals surface area contributed by atoms with E-state index < -0.39 is 15.8 Å². The van der Waals surface area contributed by atoms with Gasteiger partial charge >= 0.3 is 0 Å². The van der Waals surface area contributed by atoms with Crippen LogP contribution in [0.5, 0.6) is 0 Å². The number of hydrogen-bond acceptors (Lipinski definition) is 3. The molecule has 1 saturated carbocycles. The van der Waals surface area contributed by atoms with Gasteiger partial charge in [-0.1, -0.05) is 19.9 Å². The zero-order chi connectivity index (χ0) is 15.7. The molecule has 0 amide bonds. The molecular weight excluding hydrogens is 291 g/mol. The molecule has 0 aliphatic heterocycles. The third-order valence-electron chi connectivity index (χ3n) is 3.96. The standard InChI is InChI=1S/C15H23FN2O2S/c1-15(2)7-6-12(9-15)18-21(19,20)14-5-4-11(10-17-3)8-13(14)16/h4-5,8,12,17-18H,6-7,9-10H2,1-3H3. The number of hydrogen-bond donors (Lipinski definition) is 2. The average Bonchev–Trinajstić information content (AvgIpc) is 2.68. The Hall–Kier alpha value is -0.980. The second-order valence-electron chi connectivity index (χ2n) is 6.52. The normalized spacial score (nSPS) is 21.6. The molecule has 0 spiro atoms. The first kappa shape index (κ1) is 16.4. The Balaban J connectivity index is 2.16. The van der Waals surface area contributed by atoms with Crippen LogP contribution in [-0.4, -0.2) is 21.5 Å². The Kier molecular flexibility index (Phi) is 4.70. The van der Waals surface area contributed by atoms with Gasteiger partial charge in [0.05, 0.1) is 0 Å². The fraction of sp³-hybridized carbons (Fsp3) is 0.600. The minimum atomic E-state index is -3.80. The summed E-state index contributed by atoms with van der Waals surface area (Å²) in [6.07, 6.45) is 2.56. The molecule has 0 heterocycles. The third kappa shape index (κ3) is 4.02. The van der Waals surface area contributed by atoms with Gasteiger partial charge in [0, 0.05) is 12.6 Å². The van der Waals surface area contributed by atoms with E-state index in [9.17, 15) is 12.8 Å². The van der Waals surface area contributed by atoms with E-state index in [4.69, 9.17) is 0 Å². The summed E-state index contributed by atoms with van der Waals surface area (Å²) in [4.78, 5) is -0.271. The minimum Gasteiger partial charge on any atom is -0.316 e. The van der Waals surface area contributed by atoms with Crippen LogP contribution in [0.2, 0.25) is 0 Å². The Morgan fingerprint density at radius 2 is 2.10 bits per heavy atom. The van der Waals surface area contributed by atoms with E-state index >= 15 is 0 Å². The number of nitrogens with one attached hydrogen (secondary N) is 2. The van der Waals surface area contributed by atoms with Crippen LogP contribution in [0.15, 0.2) is 23.1 Å². The summed E-state index contributed by atoms with van der Waals surface area (Å²) in [5.74, 6) is -0.701. The van der Waals surface area contributed by atoms with Crippen molar-refractivity contribution in [2.24, 2.45) is 5.41 Å². The molecule has 4 nitrogen and oxygen atoms in total. The van der Waals surface area contributed by atoms with Crippen molar-refractivity contribution in [3.05, 3.63) is 29.6 Å². The van der Waals surface area contributed by atoms with Crippen molar-refractivity contribution >= 4 is 10.0 Å². The Morgan fingerprint density at radius 3 is 2.62 bits per heavy atom. The van der Waals surface area contributed by atoms with Crippen molar-refractivity contribution in [1.29, 1.82) is 0 Å². The molecule has 0 radical (unpaired) electrons. The topological polar surface area (TPSA) is 58.2 Å². The lowest BCUT2D eigenvalue weighted by Crippen LogP contribution is -2.34.